The molecule has 0 radical (unpaired) electrons. The van der Waals surface area contributed by atoms with Gasteiger partial charge in [-0.1, -0.05) is 17.7 Å². The molecular weight excluding hydrogens is 258 g/mol. The van der Waals surface area contributed by atoms with Gasteiger partial charge in [0.05, 0.1) is 10.7 Å². The molecule has 92 valence electrons. The predicted molar refractivity (Wildman–Crippen MR) is 72.4 cm³/mol. The summed E-state index contributed by atoms with van der Waals surface area (Å²) in [6.07, 6.45) is 2.13. The second kappa shape index (κ2) is 5.65. The minimum absolute atomic E-state index is 0.174. The number of hydrogen-bond acceptors (Lipinski definition) is 3. The molecule has 1 aromatic carbocycles. The Morgan fingerprint density at radius 2 is 2.12 bits per heavy atom. The molecule has 1 fully saturated rings. The van der Waals surface area contributed by atoms with Crippen LogP contribution in [0.3, 0.4) is 0 Å². The van der Waals surface area contributed by atoms with Gasteiger partial charge in [0, 0.05) is 6.04 Å². The average molecular weight is 272 g/mol. The monoisotopic (exact) mass is 271 g/mol. The number of carboxylic acid groups (broad SMARTS) is 1. The van der Waals surface area contributed by atoms with E-state index in [2.05, 4.69) is 5.32 Å². The fraction of sp³-hybridized carbons (Fsp3) is 0.417. The molecule has 1 heterocycles. The van der Waals surface area contributed by atoms with Gasteiger partial charge in [0.1, 0.15) is 5.56 Å². The Kier molecular flexibility index (Phi) is 4.18. The highest BCUT2D eigenvalue weighted by Crippen LogP contribution is 2.27. The van der Waals surface area contributed by atoms with Crippen LogP contribution in [0, 0.1) is 0 Å². The first kappa shape index (κ1) is 12.6. The van der Waals surface area contributed by atoms with Gasteiger partial charge in [0.25, 0.3) is 0 Å². The van der Waals surface area contributed by atoms with Gasteiger partial charge in [-0.25, -0.2) is 4.79 Å². The lowest BCUT2D eigenvalue weighted by Gasteiger charge is -2.24. The molecule has 0 aliphatic carbocycles. The Labute approximate surface area is 110 Å². The van der Waals surface area contributed by atoms with Gasteiger partial charge in [0.2, 0.25) is 0 Å². The number of aromatic carboxylic acids is 1. The Morgan fingerprint density at radius 3 is 2.76 bits per heavy atom. The maximum absolute atomic E-state index is 11.2. The molecule has 0 unspecified atom stereocenters. The maximum atomic E-state index is 11.2. The van der Waals surface area contributed by atoms with Crippen LogP contribution in [-0.4, -0.2) is 28.6 Å². The van der Waals surface area contributed by atoms with Crippen LogP contribution in [0.25, 0.3) is 0 Å². The summed E-state index contributed by atoms with van der Waals surface area (Å²) in [5, 5.41) is 12.7. The van der Waals surface area contributed by atoms with Gasteiger partial charge < -0.3 is 10.4 Å². The number of carboxylic acids is 1. The summed E-state index contributed by atoms with van der Waals surface area (Å²) in [7, 11) is 0. The van der Waals surface area contributed by atoms with Crippen LogP contribution < -0.4 is 5.32 Å². The topological polar surface area (TPSA) is 49.3 Å². The molecule has 1 saturated heterocycles. The number of hydrogen-bond donors (Lipinski definition) is 2. The van der Waals surface area contributed by atoms with Gasteiger partial charge in [-0.2, -0.15) is 11.8 Å². The summed E-state index contributed by atoms with van der Waals surface area (Å²) in [4.78, 5) is 11.2. The summed E-state index contributed by atoms with van der Waals surface area (Å²) in [6.45, 7) is 0. The predicted octanol–water partition coefficient (Wildman–Crippen LogP) is 3.35. The van der Waals surface area contributed by atoms with Crippen LogP contribution >= 0.6 is 23.4 Å². The zero-order valence-corrected chi connectivity index (χ0v) is 10.9. The van der Waals surface area contributed by atoms with Gasteiger partial charge in [-0.3, -0.25) is 0 Å². The highest BCUT2D eigenvalue weighted by Gasteiger charge is 2.18. The third-order valence-electron chi connectivity index (χ3n) is 2.81. The average Bonchev–Trinajstić information content (AvgIpc) is 2.30. The molecule has 2 N–H and O–H groups in total. The zero-order chi connectivity index (χ0) is 12.3. The molecule has 5 heteroatoms. The molecule has 1 aromatic rings. The molecule has 0 aromatic heterocycles. The van der Waals surface area contributed by atoms with Crippen LogP contribution in [0.5, 0.6) is 0 Å². The molecule has 0 saturated carbocycles. The van der Waals surface area contributed by atoms with Crippen molar-refractivity contribution in [3.63, 3.8) is 0 Å². The molecule has 1 aliphatic heterocycles. The number of carbonyl (C=O) groups is 1. The summed E-state index contributed by atoms with van der Waals surface area (Å²) in [6, 6.07) is 5.51. The van der Waals surface area contributed by atoms with Gasteiger partial charge in [-0.15, -0.1) is 0 Å². The second-order valence-electron chi connectivity index (χ2n) is 4.00. The van der Waals surface area contributed by atoms with Crippen molar-refractivity contribution in [1.82, 2.24) is 0 Å². The van der Waals surface area contributed by atoms with Gasteiger partial charge in [-0.05, 0) is 36.5 Å². The van der Waals surface area contributed by atoms with E-state index in [4.69, 9.17) is 16.7 Å². The Balaban J connectivity index is 2.19. The lowest BCUT2D eigenvalue weighted by molar-refractivity contribution is 0.0698. The SMILES string of the molecule is O=C(O)c1c(Cl)cccc1NC1CCSCC1. The third-order valence-corrected chi connectivity index (χ3v) is 4.17. The molecular formula is C12H14ClNO2S. The van der Waals surface area contributed by atoms with E-state index in [1.165, 1.54) is 0 Å². The summed E-state index contributed by atoms with van der Waals surface area (Å²) in [5.41, 5.74) is 0.800. The summed E-state index contributed by atoms with van der Waals surface area (Å²) >= 11 is 7.86. The number of benzene rings is 1. The minimum atomic E-state index is -0.983. The van der Waals surface area contributed by atoms with Crippen molar-refractivity contribution in [2.24, 2.45) is 0 Å². The first-order valence-corrected chi connectivity index (χ1v) is 7.08. The normalized spacial score (nSPS) is 16.8. The lowest BCUT2D eigenvalue weighted by atomic mass is 10.1. The van der Waals surface area contributed by atoms with Crippen LogP contribution in [0.15, 0.2) is 18.2 Å². The van der Waals surface area contributed by atoms with E-state index in [-0.39, 0.29) is 10.6 Å². The summed E-state index contributed by atoms with van der Waals surface area (Å²) in [5.74, 6) is 1.27. The van der Waals surface area contributed by atoms with E-state index in [1.807, 2.05) is 11.8 Å². The number of anilines is 1. The molecule has 1 aliphatic rings. The van der Waals surface area contributed by atoms with Crippen LogP contribution in [0.2, 0.25) is 5.02 Å². The van der Waals surface area contributed by atoms with Crippen molar-refractivity contribution >= 4 is 35.0 Å². The Morgan fingerprint density at radius 1 is 1.41 bits per heavy atom. The standard InChI is InChI=1S/C12H14ClNO2S/c13-9-2-1-3-10(11(9)12(15)16)14-8-4-6-17-7-5-8/h1-3,8,14H,4-7H2,(H,15,16). The number of rotatable bonds is 3. The number of halogens is 1. The molecule has 0 spiro atoms. The minimum Gasteiger partial charge on any atom is -0.478 e. The third kappa shape index (κ3) is 3.07. The largest absolute Gasteiger partial charge is 0.478 e. The smallest absolute Gasteiger partial charge is 0.339 e. The molecule has 3 nitrogen and oxygen atoms in total. The van der Waals surface area contributed by atoms with Crippen LogP contribution in [0.1, 0.15) is 23.2 Å². The highest BCUT2D eigenvalue weighted by atomic mass is 35.5. The van der Waals surface area contributed by atoms with Crippen molar-refractivity contribution in [3.8, 4) is 0 Å². The van der Waals surface area contributed by atoms with Crippen molar-refractivity contribution in [3.05, 3.63) is 28.8 Å². The van der Waals surface area contributed by atoms with Crippen LogP contribution in [0.4, 0.5) is 5.69 Å². The lowest BCUT2D eigenvalue weighted by Crippen LogP contribution is -2.25. The molecule has 2 rings (SSSR count). The van der Waals surface area contributed by atoms with E-state index >= 15 is 0 Å². The zero-order valence-electron chi connectivity index (χ0n) is 9.28. The quantitative estimate of drug-likeness (QED) is 0.885. The highest BCUT2D eigenvalue weighted by molar-refractivity contribution is 7.99. The first-order chi connectivity index (χ1) is 8.18. The van der Waals surface area contributed by atoms with Gasteiger partial charge >= 0.3 is 5.97 Å². The second-order valence-corrected chi connectivity index (χ2v) is 5.63. The Bertz CT molecular complexity index is 419. The first-order valence-electron chi connectivity index (χ1n) is 5.54. The van der Waals surface area contributed by atoms with Crippen LogP contribution in [-0.2, 0) is 0 Å². The fourth-order valence-electron chi connectivity index (χ4n) is 1.92. The fourth-order valence-corrected chi connectivity index (χ4v) is 3.29. The molecule has 0 amide bonds. The van der Waals surface area contributed by atoms with E-state index in [1.54, 1.807) is 18.2 Å². The van der Waals surface area contributed by atoms with Crippen molar-refractivity contribution in [2.45, 2.75) is 18.9 Å². The van der Waals surface area contributed by atoms with Gasteiger partial charge in [0.15, 0.2) is 0 Å². The molecule has 0 bridgehead atoms. The number of thioether (sulfide) groups is 1. The Hall–Kier alpha value is -0.870. The van der Waals surface area contributed by atoms with Crippen molar-refractivity contribution < 1.29 is 9.90 Å². The van der Waals surface area contributed by atoms with E-state index in [0.717, 1.165) is 24.3 Å². The van der Waals surface area contributed by atoms with Crippen molar-refractivity contribution in [2.75, 3.05) is 16.8 Å². The van der Waals surface area contributed by atoms with E-state index in [0.29, 0.717) is 11.7 Å². The maximum Gasteiger partial charge on any atom is 0.339 e. The van der Waals surface area contributed by atoms with Crippen molar-refractivity contribution in [1.29, 1.82) is 0 Å². The molecule has 17 heavy (non-hydrogen) atoms. The van der Waals surface area contributed by atoms with E-state index in [9.17, 15) is 4.79 Å². The number of nitrogens with one attached hydrogen (secondary N) is 1. The summed E-state index contributed by atoms with van der Waals surface area (Å²) < 4.78 is 0. The van der Waals surface area contributed by atoms with E-state index < -0.39 is 5.97 Å². The molecule has 0 atom stereocenters.